The molecule has 0 unspecified atom stereocenters. The molecule has 4 aromatic rings. The molecule has 6 heteroatoms. The van der Waals surface area contributed by atoms with E-state index in [2.05, 4.69) is 9.97 Å². The van der Waals surface area contributed by atoms with Crippen LogP contribution in [-0.4, -0.2) is 9.97 Å². The molecule has 0 aliphatic heterocycles. The summed E-state index contributed by atoms with van der Waals surface area (Å²) in [7, 11) is 0. The van der Waals surface area contributed by atoms with Crippen molar-refractivity contribution >= 4 is 44.5 Å². The average Bonchev–Trinajstić information content (AvgIpc) is 3.18. The minimum atomic E-state index is -0.0800. The minimum absolute atomic E-state index is 0.0800. The van der Waals surface area contributed by atoms with Crippen LogP contribution in [0.15, 0.2) is 52.0 Å². The van der Waals surface area contributed by atoms with Crippen molar-refractivity contribution in [2.75, 3.05) is 0 Å². The minimum Gasteiger partial charge on any atom is -0.310 e. The summed E-state index contributed by atoms with van der Waals surface area (Å²) in [5, 5.41) is 5.39. The van der Waals surface area contributed by atoms with E-state index in [1.165, 1.54) is 11.3 Å². The van der Waals surface area contributed by atoms with Gasteiger partial charge in [0, 0.05) is 27.3 Å². The molecule has 0 radical (unpaired) electrons. The number of hydrogen-bond acceptors (Lipinski definition) is 4. The Hall–Kier alpha value is -1.95. The van der Waals surface area contributed by atoms with E-state index < -0.39 is 0 Å². The fourth-order valence-electron chi connectivity index (χ4n) is 2.49. The molecule has 0 spiro atoms. The van der Waals surface area contributed by atoms with Crippen molar-refractivity contribution < 1.29 is 0 Å². The number of H-pyrrole nitrogens is 1. The number of aromatic amines is 1. The maximum atomic E-state index is 12.5. The molecule has 0 atom stereocenters. The first kappa shape index (κ1) is 14.6. The van der Waals surface area contributed by atoms with E-state index in [1.807, 2.05) is 47.2 Å². The second-order valence-corrected chi connectivity index (χ2v) is 7.36. The quantitative estimate of drug-likeness (QED) is 0.562. The van der Waals surface area contributed by atoms with Gasteiger partial charge in [-0.3, -0.25) is 4.79 Å². The van der Waals surface area contributed by atoms with Crippen molar-refractivity contribution in [1.29, 1.82) is 0 Å². The van der Waals surface area contributed by atoms with Gasteiger partial charge in [-0.05, 0) is 29.1 Å². The lowest BCUT2D eigenvalue weighted by Crippen LogP contribution is -2.11. The van der Waals surface area contributed by atoms with Crippen LogP contribution in [0.25, 0.3) is 20.7 Å². The molecule has 23 heavy (non-hydrogen) atoms. The van der Waals surface area contributed by atoms with Crippen molar-refractivity contribution in [2.45, 2.75) is 6.42 Å². The first-order chi connectivity index (χ1) is 11.2. The molecule has 1 N–H and O–H groups in total. The third-order valence-electron chi connectivity index (χ3n) is 3.56. The van der Waals surface area contributed by atoms with E-state index in [0.29, 0.717) is 22.7 Å². The molecular weight excluding hydrogens is 348 g/mol. The molecule has 4 rings (SSSR count). The summed E-state index contributed by atoms with van der Waals surface area (Å²) in [5.74, 6) is 0.671. The van der Waals surface area contributed by atoms with E-state index >= 15 is 0 Å². The molecule has 0 bridgehead atoms. The molecule has 0 fully saturated rings. The summed E-state index contributed by atoms with van der Waals surface area (Å²) in [4.78, 5) is 21.9. The van der Waals surface area contributed by atoms with E-state index in [0.717, 1.165) is 20.8 Å². The molecule has 0 saturated carbocycles. The van der Waals surface area contributed by atoms with Gasteiger partial charge in [0.15, 0.2) is 0 Å². The van der Waals surface area contributed by atoms with E-state index in [-0.39, 0.29) is 5.56 Å². The van der Waals surface area contributed by atoms with Gasteiger partial charge in [-0.2, -0.15) is 0 Å². The molecule has 3 heterocycles. The third kappa shape index (κ3) is 2.83. The van der Waals surface area contributed by atoms with Crippen molar-refractivity contribution in [2.24, 2.45) is 0 Å². The number of nitrogens with zero attached hydrogens (tertiary/aromatic N) is 1. The predicted molar refractivity (Wildman–Crippen MR) is 97.8 cm³/mol. The number of benzene rings is 1. The SMILES string of the molecule is O=c1[nH]c(Cc2ccc(Cl)cc2)nc2scc(-c3cccs3)c12. The van der Waals surface area contributed by atoms with Gasteiger partial charge in [-0.15, -0.1) is 22.7 Å². The van der Waals surface area contributed by atoms with Crippen LogP contribution in [0.5, 0.6) is 0 Å². The highest BCUT2D eigenvalue weighted by molar-refractivity contribution is 7.18. The number of halogens is 1. The van der Waals surface area contributed by atoms with Crippen LogP contribution in [-0.2, 0) is 6.42 Å². The van der Waals surface area contributed by atoms with Gasteiger partial charge in [0.1, 0.15) is 10.7 Å². The van der Waals surface area contributed by atoms with Gasteiger partial charge in [0.2, 0.25) is 0 Å². The lowest BCUT2D eigenvalue weighted by molar-refractivity contribution is 0.977. The number of thiophene rings is 2. The molecule has 0 amide bonds. The maximum absolute atomic E-state index is 12.5. The zero-order valence-electron chi connectivity index (χ0n) is 11.9. The van der Waals surface area contributed by atoms with Crippen LogP contribution < -0.4 is 5.56 Å². The Balaban J connectivity index is 1.76. The van der Waals surface area contributed by atoms with E-state index in [1.54, 1.807) is 11.3 Å². The highest BCUT2D eigenvalue weighted by Gasteiger charge is 2.13. The van der Waals surface area contributed by atoms with Crippen molar-refractivity contribution in [3.8, 4) is 10.4 Å². The first-order valence-electron chi connectivity index (χ1n) is 6.99. The largest absolute Gasteiger partial charge is 0.310 e. The Labute approximate surface area is 145 Å². The number of nitrogens with one attached hydrogen (secondary N) is 1. The lowest BCUT2D eigenvalue weighted by atomic mass is 10.1. The molecule has 1 aromatic carbocycles. The topological polar surface area (TPSA) is 45.8 Å². The Kier molecular flexibility index (Phi) is 3.77. The molecule has 3 nitrogen and oxygen atoms in total. The smallest absolute Gasteiger partial charge is 0.260 e. The summed E-state index contributed by atoms with van der Waals surface area (Å²) in [6.45, 7) is 0. The second-order valence-electron chi connectivity index (χ2n) is 5.12. The monoisotopic (exact) mass is 358 g/mol. The summed E-state index contributed by atoms with van der Waals surface area (Å²) < 4.78 is 0. The van der Waals surface area contributed by atoms with Gasteiger partial charge in [0.25, 0.3) is 5.56 Å². The Morgan fingerprint density at radius 1 is 1.13 bits per heavy atom. The highest BCUT2D eigenvalue weighted by atomic mass is 35.5. The van der Waals surface area contributed by atoms with E-state index in [4.69, 9.17) is 11.6 Å². The normalized spacial score (nSPS) is 11.2. The van der Waals surface area contributed by atoms with Gasteiger partial charge >= 0.3 is 0 Å². The summed E-state index contributed by atoms with van der Waals surface area (Å²) in [6.07, 6.45) is 0.578. The Morgan fingerprint density at radius 2 is 1.96 bits per heavy atom. The van der Waals surface area contributed by atoms with Crippen molar-refractivity contribution in [3.05, 3.63) is 73.9 Å². The maximum Gasteiger partial charge on any atom is 0.260 e. The standard InChI is InChI=1S/C17H11ClN2OS2/c18-11-5-3-10(4-6-11)8-14-19-16(21)15-12(9-23-17(15)20-14)13-2-1-7-22-13/h1-7,9H,8H2,(H,19,20,21). The van der Waals surface area contributed by atoms with Crippen LogP contribution >= 0.6 is 34.3 Å². The number of hydrogen-bond donors (Lipinski definition) is 1. The Bertz CT molecular complexity index is 1020. The zero-order valence-corrected chi connectivity index (χ0v) is 14.3. The number of rotatable bonds is 3. The zero-order chi connectivity index (χ0) is 15.8. The number of fused-ring (bicyclic) bond motifs is 1. The van der Waals surface area contributed by atoms with Crippen LogP contribution in [0.1, 0.15) is 11.4 Å². The van der Waals surface area contributed by atoms with Crippen LogP contribution in [0.4, 0.5) is 0 Å². The number of aromatic nitrogens is 2. The third-order valence-corrected chi connectivity index (χ3v) is 5.59. The van der Waals surface area contributed by atoms with Crippen LogP contribution in [0.2, 0.25) is 5.02 Å². The molecule has 3 aromatic heterocycles. The van der Waals surface area contributed by atoms with Crippen molar-refractivity contribution in [3.63, 3.8) is 0 Å². The van der Waals surface area contributed by atoms with E-state index in [9.17, 15) is 4.79 Å². The van der Waals surface area contributed by atoms with Gasteiger partial charge in [-0.1, -0.05) is 29.8 Å². The molecule has 0 aliphatic carbocycles. The summed E-state index contributed by atoms with van der Waals surface area (Å²) in [5.41, 5.74) is 1.95. The fraction of sp³-hybridized carbons (Fsp3) is 0.0588. The molecule has 114 valence electrons. The molecular formula is C17H11ClN2OS2. The Morgan fingerprint density at radius 3 is 2.70 bits per heavy atom. The predicted octanol–water partition coefficient (Wildman–Crippen LogP) is 4.96. The molecule has 0 saturated heterocycles. The fourth-order valence-corrected chi connectivity index (χ4v) is 4.39. The van der Waals surface area contributed by atoms with Gasteiger partial charge in [0.05, 0.1) is 5.39 Å². The lowest BCUT2D eigenvalue weighted by Gasteiger charge is -2.02. The summed E-state index contributed by atoms with van der Waals surface area (Å²) >= 11 is 9.03. The highest BCUT2D eigenvalue weighted by Crippen LogP contribution is 2.33. The average molecular weight is 359 g/mol. The van der Waals surface area contributed by atoms with Gasteiger partial charge < -0.3 is 4.98 Å². The summed E-state index contributed by atoms with van der Waals surface area (Å²) in [6, 6.07) is 11.6. The first-order valence-corrected chi connectivity index (χ1v) is 9.13. The van der Waals surface area contributed by atoms with Crippen LogP contribution in [0.3, 0.4) is 0 Å². The van der Waals surface area contributed by atoms with Crippen molar-refractivity contribution in [1.82, 2.24) is 9.97 Å². The second kappa shape index (κ2) is 5.92. The van der Waals surface area contributed by atoms with Gasteiger partial charge in [-0.25, -0.2) is 4.98 Å². The van der Waals surface area contributed by atoms with Crippen LogP contribution in [0, 0.1) is 0 Å². The molecule has 0 aliphatic rings.